The summed E-state index contributed by atoms with van der Waals surface area (Å²) in [5.41, 5.74) is 21.3. The number of fused-ring (bicyclic) bond motifs is 15. The smallest absolute Gasteiger partial charge is 0.0725 e. The van der Waals surface area contributed by atoms with Gasteiger partial charge in [0.2, 0.25) is 0 Å². The predicted octanol–water partition coefficient (Wildman–Crippen LogP) is 16.2. The molecule has 9 aromatic carbocycles. The fourth-order valence-electron chi connectivity index (χ4n) is 13.0. The molecule has 304 valence electrons. The SMILES string of the molecule is c1ccc(-n2c3ccccc3c3cc(N(c4ccc(-c5ccc(C6CC7CCC6C7)cc5)cc4)c4ccc5c(c4)-c4ccccc4C54c5ccccc5-c5ccccc54)ccc32)cc1. The normalized spacial score (nSPS) is 18.3. The summed E-state index contributed by atoms with van der Waals surface area (Å²) in [5, 5.41) is 2.48. The molecule has 0 amide bonds. The fraction of sp³-hybridized carbons (Fsp3) is 0.129. The Labute approximate surface area is 374 Å². The van der Waals surface area contributed by atoms with E-state index in [-0.39, 0.29) is 5.41 Å². The van der Waals surface area contributed by atoms with E-state index in [1.165, 1.54) is 114 Å². The highest BCUT2D eigenvalue weighted by molar-refractivity contribution is 6.11. The molecule has 3 atom stereocenters. The molecule has 2 heteroatoms. The van der Waals surface area contributed by atoms with Crippen molar-refractivity contribution in [2.75, 3.05) is 4.90 Å². The van der Waals surface area contributed by atoms with Crippen LogP contribution in [-0.2, 0) is 5.41 Å². The first-order valence-corrected chi connectivity index (χ1v) is 23.3. The van der Waals surface area contributed by atoms with E-state index in [9.17, 15) is 0 Å². The average Bonchev–Trinajstić information content (AvgIpc) is 4.19. The maximum absolute atomic E-state index is 2.47. The molecule has 2 nitrogen and oxygen atoms in total. The zero-order valence-electron chi connectivity index (χ0n) is 35.7. The van der Waals surface area contributed by atoms with Gasteiger partial charge >= 0.3 is 0 Å². The molecule has 0 saturated heterocycles. The van der Waals surface area contributed by atoms with Crippen molar-refractivity contribution in [3.05, 3.63) is 240 Å². The molecule has 4 aliphatic carbocycles. The fourth-order valence-corrected chi connectivity index (χ4v) is 13.0. The Hall–Kier alpha value is -7.42. The quantitative estimate of drug-likeness (QED) is 0.162. The van der Waals surface area contributed by atoms with E-state index in [4.69, 9.17) is 0 Å². The molecule has 2 fully saturated rings. The maximum atomic E-state index is 2.47. The maximum Gasteiger partial charge on any atom is 0.0725 e. The summed E-state index contributed by atoms with van der Waals surface area (Å²) in [5.74, 6) is 2.58. The lowest BCUT2D eigenvalue weighted by Gasteiger charge is -2.31. The van der Waals surface area contributed by atoms with Gasteiger partial charge in [0.25, 0.3) is 0 Å². The van der Waals surface area contributed by atoms with Crippen LogP contribution in [0.1, 0.15) is 59.4 Å². The van der Waals surface area contributed by atoms with Crippen LogP contribution in [0.3, 0.4) is 0 Å². The van der Waals surface area contributed by atoms with Gasteiger partial charge in [-0.2, -0.15) is 0 Å². The summed E-state index contributed by atoms with van der Waals surface area (Å²) in [7, 11) is 0. The highest BCUT2D eigenvalue weighted by atomic mass is 15.1. The third-order valence-electron chi connectivity index (χ3n) is 15.7. The number of rotatable bonds is 6. The lowest BCUT2D eigenvalue weighted by atomic mass is 9.70. The molecule has 0 radical (unpaired) electrons. The number of aromatic nitrogens is 1. The van der Waals surface area contributed by atoms with E-state index in [1.807, 2.05) is 0 Å². The van der Waals surface area contributed by atoms with Crippen molar-refractivity contribution in [2.24, 2.45) is 11.8 Å². The van der Waals surface area contributed by atoms with E-state index in [1.54, 1.807) is 0 Å². The van der Waals surface area contributed by atoms with Crippen LogP contribution in [-0.4, -0.2) is 4.57 Å². The van der Waals surface area contributed by atoms with Gasteiger partial charge in [-0.25, -0.2) is 0 Å². The number of anilines is 3. The Bertz CT molecular complexity index is 3420. The molecule has 2 saturated carbocycles. The van der Waals surface area contributed by atoms with Crippen molar-refractivity contribution in [1.82, 2.24) is 4.57 Å². The Morgan fingerprint density at radius 1 is 0.406 bits per heavy atom. The standard InChI is InChI=1S/C62H46N2/c1-2-12-45(13-3-1)64-60-21-11-7-17-52(60)55-39-48(33-35-61(55)64)63(46-30-28-42(29-31-46)41-24-26-43(27-25-41)53-37-40-22-23-44(53)36-40)47-32-34-59-54(38-47)51-16-6-10-20-58(51)62(59)56-18-8-4-14-49(56)50-15-5-9-19-57(50)62/h1-21,24-35,38-40,44,53H,22-23,36-37H2. The molecule has 0 N–H and O–H groups in total. The predicted molar refractivity (Wildman–Crippen MR) is 265 cm³/mol. The zero-order valence-corrected chi connectivity index (χ0v) is 35.7. The molecule has 2 bridgehead atoms. The van der Waals surface area contributed by atoms with Crippen molar-refractivity contribution in [2.45, 2.75) is 37.0 Å². The summed E-state index contributed by atoms with van der Waals surface area (Å²) in [6, 6.07) is 80.0. The third kappa shape index (κ3) is 5.08. The second-order valence-corrected chi connectivity index (χ2v) is 18.8. The van der Waals surface area contributed by atoms with Crippen molar-refractivity contribution in [1.29, 1.82) is 0 Å². The van der Waals surface area contributed by atoms with Gasteiger partial charge < -0.3 is 9.47 Å². The number of hydrogen-bond acceptors (Lipinski definition) is 1. The number of benzene rings is 9. The average molecular weight is 819 g/mol. The first kappa shape index (κ1) is 36.1. The van der Waals surface area contributed by atoms with Crippen molar-refractivity contribution in [3.63, 3.8) is 0 Å². The van der Waals surface area contributed by atoms with Crippen molar-refractivity contribution < 1.29 is 0 Å². The Kier molecular flexibility index (Phi) is 7.78. The number of para-hydroxylation sites is 2. The van der Waals surface area contributed by atoms with E-state index in [2.05, 4.69) is 222 Å². The lowest BCUT2D eigenvalue weighted by Crippen LogP contribution is -2.25. The first-order chi connectivity index (χ1) is 31.7. The Morgan fingerprint density at radius 2 is 0.953 bits per heavy atom. The first-order valence-electron chi connectivity index (χ1n) is 23.3. The van der Waals surface area contributed by atoms with Crippen LogP contribution in [0, 0.1) is 11.8 Å². The van der Waals surface area contributed by atoms with Crippen LogP contribution >= 0.6 is 0 Å². The highest BCUT2D eigenvalue weighted by Crippen LogP contribution is 2.63. The third-order valence-corrected chi connectivity index (χ3v) is 15.7. The van der Waals surface area contributed by atoms with Gasteiger partial charge in [0, 0.05) is 33.5 Å². The van der Waals surface area contributed by atoms with Gasteiger partial charge in [-0.1, -0.05) is 158 Å². The molecule has 10 aromatic rings. The second-order valence-electron chi connectivity index (χ2n) is 18.8. The van der Waals surface area contributed by atoms with Gasteiger partial charge in [0.05, 0.1) is 16.4 Å². The molecule has 1 spiro atoms. The summed E-state index contributed by atoms with van der Waals surface area (Å²) >= 11 is 0. The second kappa shape index (κ2) is 13.8. The molecular weight excluding hydrogens is 773 g/mol. The monoisotopic (exact) mass is 818 g/mol. The van der Waals surface area contributed by atoms with E-state index < -0.39 is 0 Å². The van der Waals surface area contributed by atoms with E-state index in [0.717, 1.165) is 34.8 Å². The minimum Gasteiger partial charge on any atom is -0.310 e. The number of nitrogens with zero attached hydrogens (tertiary/aromatic N) is 2. The number of hydrogen-bond donors (Lipinski definition) is 0. The summed E-state index contributed by atoms with van der Waals surface area (Å²) < 4.78 is 2.40. The zero-order chi connectivity index (χ0) is 41.9. The van der Waals surface area contributed by atoms with E-state index >= 15 is 0 Å². The van der Waals surface area contributed by atoms with E-state index in [0.29, 0.717) is 0 Å². The molecule has 3 unspecified atom stereocenters. The van der Waals surface area contributed by atoms with Crippen molar-refractivity contribution in [3.8, 4) is 39.1 Å². The lowest BCUT2D eigenvalue weighted by molar-refractivity contribution is 0.420. The minimum absolute atomic E-state index is 0.380. The molecule has 1 heterocycles. The summed E-state index contributed by atoms with van der Waals surface area (Å²) in [4.78, 5) is 2.47. The van der Waals surface area contributed by atoms with Crippen LogP contribution in [0.2, 0.25) is 0 Å². The highest BCUT2D eigenvalue weighted by Gasteiger charge is 2.51. The Balaban J connectivity index is 0.937. The largest absolute Gasteiger partial charge is 0.310 e. The molecular formula is C62H46N2. The van der Waals surface area contributed by atoms with Crippen LogP contribution in [0.25, 0.3) is 60.9 Å². The van der Waals surface area contributed by atoms with Crippen LogP contribution in [0.4, 0.5) is 17.1 Å². The summed E-state index contributed by atoms with van der Waals surface area (Å²) in [6.45, 7) is 0. The van der Waals surface area contributed by atoms with Crippen molar-refractivity contribution >= 4 is 38.9 Å². The summed E-state index contributed by atoms with van der Waals surface area (Å²) in [6.07, 6.45) is 5.67. The molecule has 14 rings (SSSR count). The minimum atomic E-state index is -0.380. The van der Waals surface area contributed by atoms with Crippen LogP contribution in [0.15, 0.2) is 212 Å². The van der Waals surface area contributed by atoms with Crippen LogP contribution < -0.4 is 4.90 Å². The molecule has 4 aliphatic rings. The van der Waals surface area contributed by atoms with Gasteiger partial charge in [-0.3, -0.25) is 0 Å². The van der Waals surface area contributed by atoms with Gasteiger partial charge in [-0.05, 0) is 159 Å². The van der Waals surface area contributed by atoms with Gasteiger partial charge in [-0.15, -0.1) is 0 Å². The van der Waals surface area contributed by atoms with Crippen LogP contribution in [0.5, 0.6) is 0 Å². The van der Waals surface area contributed by atoms with Gasteiger partial charge in [0.15, 0.2) is 0 Å². The molecule has 0 aliphatic heterocycles. The van der Waals surface area contributed by atoms with Gasteiger partial charge in [0.1, 0.15) is 0 Å². The molecule has 64 heavy (non-hydrogen) atoms. The Morgan fingerprint density at radius 3 is 1.62 bits per heavy atom. The topological polar surface area (TPSA) is 8.17 Å². The molecule has 1 aromatic heterocycles.